The van der Waals surface area contributed by atoms with Gasteiger partial charge in [0.25, 0.3) is 0 Å². The van der Waals surface area contributed by atoms with Crippen molar-refractivity contribution in [2.24, 2.45) is 5.10 Å². The largest absolute Gasteiger partial charge is 0.465 e. The first-order valence-corrected chi connectivity index (χ1v) is 8.00. The standard InChI is InChI=1S/C17H18FN5O3/c1-25-16(24)13-4-2-12(3-5-13)10-20-22-17-19-11-14(18)15(21-17)23-6-8-26-9-7-23/h2-5,10-11H,6-9H2,1H3,(H,19,21,22)/b20-10+. The number of rotatable bonds is 5. The zero-order valence-electron chi connectivity index (χ0n) is 14.2. The molecule has 1 N–H and O–H groups in total. The quantitative estimate of drug-likeness (QED) is 0.494. The van der Waals surface area contributed by atoms with Crippen molar-refractivity contribution in [1.29, 1.82) is 0 Å². The number of halogens is 1. The van der Waals surface area contributed by atoms with E-state index < -0.39 is 11.8 Å². The number of hydrazone groups is 1. The predicted molar refractivity (Wildman–Crippen MR) is 94.0 cm³/mol. The van der Waals surface area contributed by atoms with Gasteiger partial charge in [0.15, 0.2) is 11.6 Å². The number of hydrogen-bond acceptors (Lipinski definition) is 8. The van der Waals surface area contributed by atoms with Crippen LogP contribution in [0.3, 0.4) is 0 Å². The molecule has 136 valence electrons. The third-order valence-electron chi connectivity index (χ3n) is 3.75. The first kappa shape index (κ1) is 17.7. The Kier molecular flexibility index (Phi) is 5.69. The molecule has 2 aromatic rings. The van der Waals surface area contributed by atoms with Crippen LogP contribution in [-0.2, 0) is 9.47 Å². The maximum Gasteiger partial charge on any atom is 0.337 e. The van der Waals surface area contributed by atoms with E-state index in [1.165, 1.54) is 7.11 Å². The average molecular weight is 359 g/mol. The van der Waals surface area contributed by atoms with Crippen LogP contribution in [0, 0.1) is 5.82 Å². The van der Waals surface area contributed by atoms with Crippen LogP contribution in [0.4, 0.5) is 16.2 Å². The van der Waals surface area contributed by atoms with Crippen molar-refractivity contribution >= 4 is 24.0 Å². The van der Waals surface area contributed by atoms with E-state index >= 15 is 0 Å². The molecule has 0 radical (unpaired) electrons. The summed E-state index contributed by atoms with van der Waals surface area (Å²) < 4.78 is 23.9. The molecule has 0 unspecified atom stereocenters. The second kappa shape index (κ2) is 8.34. The monoisotopic (exact) mass is 359 g/mol. The van der Waals surface area contributed by atoms with Gasteiger partial charge in [-0.3, -0.25) is 0 Å². The predicted octanol–water partition coefficient (Wildman–Crippen LogP) is 1.68. The van der Waals surface area contributed by atoms with E-state index in [9.17, 15) is 9.18 Å². The summed E-state index contributed by atoms with van der Waals surface area (Å²) in [5.41, 5.74) is 3.90. The molecular weight excluding hydrogens is 341 g/mol. The van der Waals surface area contributed by atoms with Crippen LogP contribution < -0.4 is 10.3 Å². The van der Waals surface area contributed by atoms with Crippen molar-refractivity contribution in [2.75, 3.05) is 43.7 Å². The van der Waals surface area contributed by atoms with Gasteiger partial charge < -0.3 is 14.4 Å². The molecular formula is C17H18FN5O3. The highest BCUT2D eigenvalue weighted by Gasteiger charge is 2.17. The molecule has 9 heteroatoms. The molecule has 0 aliphatic carbocycles. The van der Waals surface area contributed by atoms with Crippen LogP contribution in [-0.4, -0.2) is 55.6 Å². The SMILES string of the molecule is COC(=O)c1ccc(/C=N/Nc2ncc(F)c(N3CCOCC3)n2)cc1. The Labute approximate surface area is 149 Å². The zero-order chi connectivity index (χ0) is 18.4. The summed E-state index contributed by atoms with van der Waals surface area (Å²) in [5, 5.41) is 4.04. The number of carbonyl (C=O) groups is 1. The van der Waals surface area contributed by atoms with Gasteiger partial charge in [0.05, 0.1) is 38.3 Å². The topological polar surface area (TPSA) is 88.9 Å². The summed E-state index contributed by atoms with van der Waals surface area (Å²) in [5.74, 6) is -0.472. The normalized spacial score (nSPS) is 14.5. The highest BCUT2D eigenvalue weighted by atomic mass is 19.1. The van der Waals surface area contributed by atoms with E-state index in [4.69, 9.17) is 4.74 Å². The molecule has 0 saturated carbocycles. The van der Waals surface area contributed by atoms with Gasteiger partial charge in [0.2, 0.25) is 5.95 Å². The molecule has 1 aromatic carbocycles. The summed E-state index contributed by atoms with van der Waals surface area (Å²) in [7, 11) is 1.33. The second-order valence-electron chi connectivity index (χ2n) is 5.45. The second-order valence-corrected chi connectivity index (χ2v) is 5.45. The summed E-state index contributed by atoms with van der Waals surface area (Å²) >= 11 is 0. The van der Waals surface area contributed by atoms with Crippen LogP contribution in [0.15, 0.2) is 35.6 Å². The highest BCUT2D eigenvalue weighted by molar-refractivity contribution is 5.90. The molecule has 0 spiro atoms. The third kappa shape index (κ3) is 4.31. The van der Waals surface area contributed by atoms with E-state index in [-0.39, 0.29) is 11.8 Å². The lowest BCUT2D eigenvalue weighted by molar-refractivity contribution is 0.0600. The van der Waals surface area contributed by atoms with E-state index in [0.29, 0.717) is 31.9 Å². The van der Waals surface area contributed by atoms with Gasteiger partial charge in [-0.2, -0.15) is 10.1 Å². The lowest BCUT2D eigenvalue weighted by Crippen LogP contribution is -2.37. The van der Waals surface area contributed by atoms with Crippen molar-refractivity contribution in [3.8, 4) is 0 Å². The van der Waals surface area contributed by atoms with Crippen molar-refractivity contribution < 1.29 is 18.7 Å². The summed E-state index contributed by atoms with van der Waals surface area (Å²) in [6.07, 6.45) is 2.66. The Bertz CT molecular complexity index is 791. The summed E-state index contributed by atoms with van der Waals surface area (Å²) in [6.45, 7) is 2.21. The number of esters is 1. The molecule has 0 bridgehead atoms. The Morgan fingerprint density at radius 2 is 2.08 bits per heavy atom. The zero-order valence-corrected chi connectivity index (χ0v) is 14.2. The van der Waals surface area contributed by atoms with Gasteiger partial charge in [0, 0.05) is 13.1 Å². The first-order valence-electron chi connectivity index (χ1n) is 8.00. The number of benzene rings is 1. The van der Waals surface area contributed by atoms with Gasteiger partial charge in [-0.1, -0.05) is 12.1 Å². The van der Waals surface area contributed by atoms with Gasteiger partial charge in [-0.25, -0.2) is 19.6 Å². The fraction of sp³-hybridized carbons (Fsp3) is 0.294. The van der Waals surface area contributed by atoms with E-state index in [1.807, 2.05) is 0 Å². The third-order valence-corrected chi connectivity index (χ3v) is 3.75. The van der Waals surface area contributed by atoms with Crippen LogP contribution >= 0.6 is 0 Å². The van der Waals surface area contributed by atoms with Crippen LogP contribution in [0.2, 0.25) is 0 Å². The molecule has 8 nitrogen and oxygen atoms in total. The highest BCUT2D eigenvalue weighted by Crippen LogP contribution is 2.18. The molecule has 1 saturated heterocycles. The molecule has 2 heterocycles. The average Bonchev–Trinajstić information content (AvgIpc) is 2.70. The lowest BCUT2D eigenvalue weighted by Gasteiger charge is -2.27. The van der Waals surface area contributed by atoms with Crippen LogP contribution in [0.25, 0.3) is 0 Å². The number of nitrogens with zero attached hydrogens (tertiary/aromatic N) is 4. The van der Waals surface area contributed by atoms with Crippen molar-refractivity contribution in [2.45, 2.75) is 0 Å². The number of carbonyl (C=O) groups excluding carboxylic acids is 1. The molecule has 1 aromatic heterocycles. The number of aromatic nitrogens is 2. The molecule has 26 heavy (non-hydrogen) atoms. The summed E-state index contributed by atoms with van der Waals surface area (Å²) in [6, 6.07) is 6.72. The Hall–Kier alpha value is -3.07. The van der Waals surface area contributed by atoms with Crippen molar-refractivity contribution in [3.05, 3.63) is 47.4 Å². The number of morpholine rings is 1. The number of anilines is 2. The molecule has 0 atom stereocenters. The molecule has 1 aliphatic heterocycles. The van der Waals surface area contributed by atoms with Crippen LogP contribution in [0.1, 0.15) is 15.9 Å². The Balaban J connectivity index is 1.65. The van der Waals surface area contributed by atoms with Crippen molar-refractivity contribution in [1.82, 2.24) is 9.97 Å². The fourth-order valence-electron chi connectivity index (χ4n) is 2.40. The Morgan fingerprint density at radius 3 is 2.77 bits per heavy atom. The first-order chi connectivity index (χ1) is 12.7. The molecule has 0 amide bonds. The van der Waals surface area contributed by atoms with Crippen molar-refractivity contribution in [3.63, 3.8) is 0 Å². The van der Waals surface area contributed by atoms with Crippen LogP contribution in [0.5, 0.6) is 0 Å². The van der Waals surface area contributed by atoms with Gasteiger partial charge in [0.1, 0.15) is 0 Å². The number of nitrogens with one attached hydrogen (secondary N) is 1. The van der Waals surface area contributed by atoms with Gasteiger partial charge in [-0.05, 0) is 17.7 Å². The lowest BCUT2D eigenvalue weighted by atomic mass is 10.1. The van der Waals surface area contributed by atoms with E-state index in [0.717, 1.165) is 11.8 Å². The maximum atomic E-state index is 14.0. The molecule has 1 fully saturated rings. The Morgan fingerprint density at radius 1 is 1.35 bits per heavy atom. The van der Waals surface area contributed by atoms with E-state index in [2.05, 4.69) is 25.2 Å². The number of ether oxygens (including phenoxy) is 2. The van der Waals surface area contributed by atoms with E-state index in [1.54, 1.807) is 35.4 Å². The minimum atomic E-state index is -0.486. The molecule has 1 aliphatic rings. The maximum absolute atomic E-state index is 14.0. The van der Waals surface area contributed by atoms with Gasteiger partial charge >= 0.3 is 5.97 Å². The number of methoxy groups -OCH3 is 1. The summed E-state index contributed by atoms with van der Waals surface area (Å²) in [4.78, 5) is 21.2. The van der Waals surface area contributed by atoms with Gasteiger partial charge in [-0.15, -0.1) is 0 Å². The fourth-order valence-corrected chi connectivity index (χ4v) is 2.40. The minimum absolute atomic E-state index is 0.190. The number of hydrogen-bond donors (Lipinski definition) is 1. The smallest absolute Gasteiger partial charge is 0.337 e. The minimum Gasteiger partial charge on any atom is -0.465 e. The molecule has 3 rings (SSSR count).